The fourth-order valence-corrected chi connectivity index (χ4v) is 7.91. The van der Waals surface area contributed by atoms with E-state index in [1.807, 2.05) is 42.7 Å². The Labute approximate surface area is 253 Å². The summed E-state index contributed by atoms with van der Waals surface area (Å²) in [6.07, 6.45) is 7.12. The van der Waals surface area contributed by atoms with Gasteiger partial charge in [0, 0.05) is 30.4 Å². The molecule has 0 amide bonds. The minimum Gasteiger partial charge on any atom is -0.454 e. The van der Waals surface area contributed by atoms with Gasteiger partial charge in [0.25, 0.3) is 0 Å². The molecule has 0 radical (unpaired) electrons. The molecule has 4 nitrogen and oxygen atoms in total. The van der Waals surface area contributed by atoms with Gasteiger partial charge in [-0.25, -0.2) is 13.5 Å². The highest BCUT2D eigenvalue weighted by Crippen LogP contribution is 2.56. The Morgan fingerprint density at radius 3 is 2.25 bits per heavy atom. The molecule has 2 bridgehead atoms. The number of hydrogen-bond donors (Lipinski definition) is 0. The third-order valence-electron chi connectivity index (χ3n) is 9.78. The van der Waals surface area contributed by atoms with E-state index in [0.29, 0.717) is 17.6 Å². The summed E-state index contributed by atoms with van der Waals surface area (Å²) in [4.78, 5) is 4.87. The maximum atomic E-state index is 15.3. The van der Waals surface area contributed by atoms with Gasteiger partial charge in [-0.1, -0.05) is 66.7 Å². The maximum Gasteiger partial charge on any atom is 0.168 e. The molecule has 1 saturated carbocycles. The van der Waals surface area contributed by atoms with Crippen molar-refractivity contribution in [3.05, 3.63) is 161 Å². The second-order valence-corrected chi connectivity index (χ2v) is 12.0. The standard InChI is InChI=1S/C38H27F2N3O/c39-32-20-33(40)35(21-34(32)43-22-29-23-15-16-24(18-23)37(29)42-43)44-26-9-7-8-25(19-26)38(36-14-5-6-17-41-36)30-12-3-1-10-27(30)28-11-2-4-13-31(28)38/h1-14,17,19-24H,15-16,18H2/t23-,24+/m0/s1. The van der Waals surface area contributed by atoms with E-state index in [-0.39, 0.29) is 11.4 Å². The SMILES string of the molecule is Fc1cc(F)c(-n2cc3c(n2)[C@@H]2CC[C@H]3C2)cc1Oc1cccc(C2(c3ccccn3)c3ccccc3-c3ccccc32)c1. The van der Waals surface area contributed by atoms with Crippen molar-refractivity contribution in [2.45, 2.75) is 36.5 Å². The Morgan fingerprint density at radius 2 is 1.50 bits per heavy atom. The number of hydrogen-bond acceptors (Lipinski definition) is 3. The Balaban J connectivity index is 1.16. The molecule has 0 saturated heterocycles. The smallest absolute Gasteiger partial charge is 0.168 e. The second kappa shape index (κ2) is 9.45. The molecule has 3 aliphatic rings. The highest BCUT2D eigenvalue weighted by Gasteiger charge is 2.47. The van der Waals surface area contributed by atoms with Crippen LogP contribution in [-0.2, 0) is 5.41 Å². The minimum atomic E-state index is -0.771. The normalized spacial score (nSPS) is 18.6. The monoisotopic (exact) mass is 579 g/mol. The van der Waals surface area contributed by atoms with Crippen molar-refractivity contribution in [3.8, 4) is 28.3 Å². The van der Waals surface area contributed by atoms with Gasteiger partial charge in [0.2, 0.25) is 0 Å². The number of rotatable bonds is 5. The highest BCUT2D eigenvalue weighted by atomic mass is 19.1. The topological polar surface area (TPSA) is 39.9 Å². The van der Waals surface area contributed by atoms with Crippen LogP contribution in [-0.4, -0.2) is 14.8 Å². The lowest BCUT2D eigenvalue weighted by Crippen LogP contribution is -2.29. The van der Waals surface area contributed by atoms with Crippen molar-refractivity contribution in [2.24, 2.45) is 0 Å². The van der Waals surface area contributed by atoms with Crippen molar-refractivity contribution in [1.82, 2.24) is 14.8 Å². The first-order valence-corrected chi connectivity index (χ1v) is 15.1. The van der Waals surface area contributed by atoms with Gasteiger partial charge >= 0.3 is 0 Å². The maximum absolute atomic E-state index is 15.3. The predicted molar refractivity (Wildman–Crippen MR) is 164 cm³/mol. The molecule has 0 N–H and O–H groups in total. The molecule has 0 spiro atoms. The lowest BCUT2D eigenvalue weighted by Gasteiger charge is -2.32. The Bertz CT molecular complexity index is 2010. The quantitative estimate of drug-likeness (QED) is 0.204. The molecular weight excluding hydrogens is 552 g/mol. The summed E-state index contributed by atoms with van der Waals surface area (Å²) in [6, 6.07) is 32.8. The molecule has 214 valence electrons. The van der Waals surface area contributed by atoms with E-state index < -0.39 is 17.0 Å². The van der Waals surface area contributed by atoms with Crippen molar-refractivity contribution in [2.75, 3.05) is 0 Å². The Morgan fingerprint density at radius 1 is 0.750 bits per heavy atom. The van der Waals surface area contributed by atoms with Crippen LogP contribution in [0, 0.1) is 11.6 Å². The fourth-order valence-electron chi connectivity index (χ4n) is 7.91. The summed E-state index contributed by atoms with van der Waals surface area (Å²) in [7, 11) is 0. The largest absolute Gasteiger partial charge is 0.454 e. The third-order valence-corrected chi connectivity index (χ3v) is 9.78. The molecule has 2 aromatic heterocycles. The lowest BCUT2D eigenvalue weighted by molar-refractivity contribution is 0.435. The summed E-state index contributed by atoms with van der Waals surface area (Å²) in [5, 5.41) is 4.73. The zero-order valence-corrected chi connectivity index (χ0v) is 23.8. The number of nitrogens with zero attached hydrogens (tertiary/aromatic N) is 3. The van der Waals surface area contributed by atoms with Crippen LogP contribution in [0.1, 0.15) is 64.7 Å². The van der Waals surface area contributed by atoms with Crippen LogP contribution in [0.15, 0.2) is 116 Å². The summed E-state index contributed by atoms with van der Waals surface area (Å²) < 4.78 is 38.2. The molecule has 6 heteroatoms. The van der Waals surface area contributed by atoms with Crippen LogP contribution in [0.3, 0.4) is 0 Å². The summed E-state index contributed by atoms with van der Waals surface area (Å²) in [5.41, 5.74) is 8.06. The molecule has 9 rings (SSSR count). The first-order chi connectivity index (χ1) is 21.6. The first-order valence-electron chi connectivity index (χ1n) is 15.1. The molecule has 1 fully saturated rings. The molecule has 0 aliphatic heterocycles. The average molecular weight is 580 g/mol. The number of fused-ring (bicyclic) bond motifs is 8. The van der Waals surface area contributed by atoms with E-state index in [4.69, 9.17) is 14.8 Å². The highest BCUT2D eigenvalue weighted by molar-refractivity contribution is 5.85. The molecule has 3 aliphatic carbocycles. The van der Waals surface area contributed by atoms with Crippen molar-refractivity contribution >= 4 is 0 Å². The van der Waals surface area contributed by atoms with Crippen molar-refractivity contribution < 1.29 is 13.5 Å². The van der Waals surface area contributed by atoms with Gasteiger partial charge in [0.1, 0.15) is 11.4 Å². The number of benzene rings is 4. The summed E-state index contributed by atoms with van der Waals surface area (Å²) >= 11 is 0. The van der Waals surface area contributed by atoms with E-state index in [9.17, 15) is 0 Å². The van der Waals surface area contributed by atoms with Crippen LogP contribution >= 0.6 is 0 Å². The number of aromatic nitrogens is 3. The van der Waals surface area contributed by atoms with Gasteiger partial charge in [-0.15, -0.1) is 0 Å². The van der Waals surface area contributed by atoms with Crippen molar-refractivity contribution in [3.63, 3.8) is 0 Å². The summed E-state index contributed by atoms with van der Waals surface area (Å²) in [5.74, 6) is -0.135. The molecule has 0 unspecified atom stereocenters. The zero-order chi connectivity index (χ0) is 29.4. The lowest BCUT2D eigenvalue weighted by atomic mass is 9.70. The number of ether oxygens (including phenoxy) is 1. The molecule has 2 heterocycles. The predicted octanol–water partition coefficient (Wildman–Crippen LogP) is 9.07. The number of pyridine rings is 1. The van der Waals surface area contributed by atoms with Crippen LogP contribution in [0.4, 0.5) is 8.78 Å². The molecule has 2 atom stereocenters. The van der Waals surface area contributed by atoms with Crippen LogP contribution in [0.2, 0.25) is 0 Å². The van der Waals surface area contributed by atoms with Crippen LogP contribution < -0.4 is 4.74 Å². The van der Waals surface area contributed by atoms with Crippen molar-refractivity contribution in [1.29, 1.82) is 0 Å². The Hall–Kier alpha value is -5.10. The minimum absolute atomic E-state index is 0.0590. The second-order valence-electron chi connectivity index (χ2n) is 12.0. The first kappa shape index (κ1) is 25.4. The molecule has 6 aromatic rings. The Kier molecular flexibility index (Phi) is 5.46. The van der Waals surface area contributed by atoms with E-state index in [2.05, 4.69) is 54.6 Å². The van der Waals surface area contributed by atoms with Gasteiger partial charge in [-0.3, -0.25) is 4.98 Å². The van der Waals surface area contributed by atoms with Gasteiger partial charge in [0.15, 0.2) is 17.4 Å². The van der Waals surface area contributed by atoms with E-state index in [1.54, 1.807) is 10.7 Å². The average Bonchev–Trinajstić information content (AvgIpc) is 3.84. The van der Waals surface area contributed by atoms with E-state index in [1.165, 1.54) is 11.6 Å². The van der Waals surface area contributed by atoms with Gasteiger partial charge < -0.3 is 4.74 Å². The summed E-state index contributed by atoms with van der Waals surface area (Å²) in [6.45, 7) is 0. The third kappa shape index (κ3) is 3.54. The fraction of sp³-hybridized carbons (Fsp3) is 0.158. The molecule has 44 heavy (non-hydrogen) atoms. The van der Waals surface area contributed by atoms with Crippen LogP contribution in [0.25, 0.3) is 16.8 Å². The van der Waals surface area contributed by atoms with E-state index >= 15 is 8.78 Å². The zero-order valence-electron chi connectivity index (χ0n) is 23.8. The van der Waals surface area contributed by atoms with Gasteiger partial charge in [-0.2, -0.15) is 5.10 Å². The number of halogens is 2. The van der Waals surface area contributed by atoms with Crippen LogP contribution in [0.5, 0.6) is 11.5 Å². The molecular formula is C38H27F2N3O. The molecule has 4 aromatic carbocycles. The van der Waals surface area contributed by atoms with Gasteiger partial charge in [-0.05, 0) is 82.8 Å². The van der Waals surface area contributed by atoms with Gasteiger partial charge in [0.05, 0.1) is 16.8 Å². The van der Waals surface area contributed by atoms with E-state index in [0.717, 1.165) is 64.5 Å².